The maximum Gasteiger partial charge on any atom is 0.306 e. The normalized spacial score (nSPS) is 13.4. The highest BCUT2D eigenvalue weighted by Crippen LogP contribution is 2.14. The van der Waals surface area contributed by atoms with E-state index in [1.165, 1.54) is 128 Å². The van der Waals surface area contributed by atoms with Crippen LogP contribution < -0.4 is 5.11 Å². The Morgan fingerprint density at radius 1 is 0.508 bits per heavy atom. The summed E-state index contributed by atoms with van der Waals surface area (Å²) in [5, 5.41) is 11.6. The Balaban J connectivity index is 4.34. The van der Waals surface area contributed by atoms with Gasteiger partial charge in [0.2, 0.25) is 0 Å². The Labute approximate surface area is 375 Å². The first kappa shape index (κ1) is 58.0. The summed E-state index contributed by atoms with van der Waals surface area (Å²) < 4.78 is 17.2. The average molecular weight is 856 g/mol. The van der Waals surface area contributed by atoms with Crippen LogP contribution in [0.25, 0.3) is 0 Å². The third-order valence-corrected chi connectivity index (χ3v) is 10.9. The lowest BCUT2D eigenvalue weighted by Gasteiger charge is -2.34. The third-order valence-electron chi connectivity index (χ3n) is 10.9. The smallest absolute Gasteiger partial charge is 0.306 e. The predicted octanol–water partition coefficient (Wildman–Crippen LogP) is 12.8. The van der Waals surface area contributed by atoms with Gasteiger partial charge >= 0.3 is 11.9 Å². The topological polar surface area (TPSA) is 102 Å². The fraction of sp³-hybridized carbons (Fsp3) is 0.755. The zero-order chi connectivity index (χ0) is 44.9. The minimum Gasteiger partial charge on any atom is -0.544 e. The Bertz CT molecular complexity index is 1180. The molecule has 8 heteroatoms. The van der Waals surface area contributed by atoms with Gasteiger partial charge < -0.3 is 28.6 Å². The lowest BCUT2D eigenvalue weighted by atomic mass is 10.1. The van der Waals surface area contributed by atoms with Crippen molar-refractivity contribution in [3.8, 4) is 0 Å². The van der Waals surface area contributed by atoms with Gasteiger partial charge in [0.05, 0.1) is 40.3 Å². The summed E-state index contributed by atoms with van der Waals surface area (Å²) in [6.07, 6.45) is 54.0. The van der Waals surface area contributed by atoms with Crippen LogP contribution in [0.4, 0.5) is 0 Å². The van der Waals surface area contributed by atoms with E-state index in [4.69, 9.17) is 14.2 Å². The Kier molecular flexibility index (Phi) is 41.5. The number of quaternary nitrogens is 1. The quantitative estimate of drug-likeness (QED) is 0.0198. The van der Waals surface area contributed by atoms with E-state index in [2.05, 4.69) is 74.6 Å². The number of rotatable bonds is 44. The van der Waals surface area contributed by atoms with Crippen LogP contribution in [-0.2, 0) is 28.6 Å². The number of hydrogen-bond donors (Lipinski definition) is 0. The minimum absolute atomic E-state index is 0.0182. The fourth-order valence-corrected chi connectivity index (χ4v) is 7.02. The lowest BCUT2D eigenvalue weighted by Crippen LogP contribution is -2.55. The summed E-state index contributed by atoms with van der Waals surface area (Å²) in [6, 6.07) is -0.737. The van der Waals surface area contributed by atoms with Crippen molar-refractivity contribution < 1.29 is 38.2 Å². The van der Waals surface area contributed by atoms with Crippen LogP contribution in [0.3, 0.4) is 0 Å². The van der Waals surface area contributed by atoms with Crippen LogP contribution in [0.1, 0.15) is 206 Å². The molecule has 0 aliphatic rings. The van der Waals surface area contributed by atoms with Crippen molar-refractivity contribution in [2.24, 2.45) is 0 Å². The van der Waals surface area contributed by atoms with Crippen molar-refractivity contribution in [2.75, 3.05) is 41.0 Å². The molecule has 61 heavy (non-hydrogen) atoms. The molecule has 0 bridgehead atoms. The molecular formula is C53H93NO7. The fourth-order valence-electron chi connectivity index (χ4n) is 7.02. The van der Waals surface area contributed by atoms with E-state index in [0.29, 0.717) is 12.8 Å². The monoisotopic (exact) mass is 856 g/mol. The maximum absolute atomic E-state index is 12.7. The largest absolute Gasteiger partial charge is 0.544 e. The second kappa shape index (κ2) is 43.7. The van der Waals surface area contributed by atoms with E-state index in [1.54, 1.807) is 21.1 Å². The van der Waals surface area contributed by atoms with Gasteiger partial charge in [-0.05, 0) is 70.6 Å². The van der Waals surface area contributed by atoms with E-state index in [0.717, 1.165) is 38.5 Å². The molecule has 0 saturated carbocycles. The number of esters is 2. The summed E-state index contributed by atoms with van der Waals surface area (Å²) in [7, 11) is 5.39. The molecule has 0 aliphatic heterocycles. The van der Waals surface area contributed by atoms with Crippen LogP contribution >= 0.6 is 0 Å². The number of ether oxygens (including phenoxy) is 3. The number of unbranched alkanes of at least 4 members (excludes halogenated alkanes) is 21. The summed E-state index contributed by atoms with van der Waals surface area (Å²) in [5.41, 5.74) is 0. The molecule has 2 unspecified atom stereocenters. The van der Waals surface area contributed by atoms with E-state index in [-0.39, 0.29) is 49.1 Å². The van der Waals surface area contributed by atoms with Gasteiger partial charge in [-0.25, -0.2) is 0 Å². The number of carboxylic acids is 1. The molecule has 2 atom stereocenters. The van der Waals surface area contributed by atoms with Gasteiger partial charge in [0.25, 0.3) is 0 Å². The van der Waals surface area contributed by atoms with Gasteiger partial charge in [0.1, 0.15) is 12.6 Å². The first-order valence-electron chi connectivity index (χ1n) is 24.8. The van der Waals surface area contributed by atoms with Crippen molar-refractivity contribution in [2.45, 2.75) is 219 Å². The van der Waals surface area contributed by atoms with Gasteiger partial charge in [-0.2, -0.15) is 0 Å². The van der Waals surface area contributed by atoms with Gasteiger partial charge in [0, 0.05) is 19.3 Å². The van der Waals surface area contributed by atoms with E-state index < -0.39 is 18.1 Å². The molecule has 0 radical (unpaired) electrons. The van der Waals surface area contributed by atoms with E-state index >= 15 is 0 Å². The molecule has 0 N–H and O–H groups in total. The molecule has 8 nitrogen and oxygen atoms in total. The number of nitrogens with zero attached hydrogens (tertiary/aromatic N) is 1. The first-order chi connectivity index (χ1) is 29.6. The predicted molar refractivity (Wildman–Crippen MR) is 254 cm³/mol. The van der Waals surface area contributed by atoms with Crippen molar-refractivity contribution in [3.63, 3.8) is 0 Å². The molecule has 0 rings (SSSR count). The summed E-state index contributed by atoms with van der Waals surface area (Å²) in [4.78, 5) is 37.0. The number of aliphatic carboxylic acids is 1. The average Bonchev–Trinajstić information content (AvgIpc) is 3.22. The molecule has 0 aromatic rings. The van der Waals surface area contributed by atoms with Crippen LogP contribution in [0.5, 0.6) is 0 Å². The Morgan fingerprint density at radius 3 is 1.44 bits per heavy atom. The minimum atomic E-state index is -1.13. The van der Waals surface area contributed by atoms with Gasteiger partial charge in [-0.3, -0.25) is 9.59 Å². The van der Waals surface area contributed by atoms with E-state index in [1.807, 2.05) is 0 Å². The Hall–Kier alpha value is -2.97. The number of allylic oxidation sites excluding steroid dienone is 10. The number of carbonyl (C=O) groups is 3. The lowest BCUT2D eigenvalue weighted by molar-refractivity contribution is -0.889. The number of carboxylic acid groups (broad SMARTS) is 1. The van der Waals surface area contributed by atoms with Crippen molar-refractivity contribution >= 4 is 17.9 Å². The van der Waals surface area contributed by atoms with Gasteiger partial charge in [0.15, 0.2) is 6.10 Å². The van der Waals surface area contributed by atoms with Crippen LogP contribution in [0, 0.1) is 0 Å². The molecule has 352 valence electrons. The SMILES string of the molecule is CCCCCC/C=C/C=C/CCCCCCCCCCCCC(=O)OCC(COCCC(C(=O)[O-])[N+](C)(C)C)OC(=O)CCC/C=C/C/C=C/C/C=C/CCCCCCCC. The van der Waals surface area contributed by atoms with E-state index in [9.17, 15) is 19.5 Å². The highest BCUT2D eigenvalue weighted by atomic mass is 16.6. The zero-order valence-corrected chi connectivity index (χ0v) is 40.1. The van der Waals surface area contributed by atoms with Crippen LogP contribution in [-0.4, -0.2) is 75.5 Å². The molecule has 0 fully saturated rings. The number of likely N-dealkylation sites (N-methyl/N-ethyl adjacent to an activating group) is 1. The standard InChI is InChI=1S/C53H93NO7/c1-6-8-10-12-14-16-18-20-22-24-25-26-28-29-31-33-35-37-39-41-43-51(55)60-48-49(47-59-46-45-50(53(57)58)54(3,4)5)61-52(56)44-42-40-38-36-34-32-30-27-23-21-19-17-15-13-11-9-7-2/h16,18,20-23,30,32,36,38,49-50H,6-15,17,19,24-29,31,33-35,37,39-48H2,1-5H3/b18-16+,22-20+,23-21+,32-30+,38-36+. The van der Waals surface area contributed by atoms with Crippen LogP contribution in [0.2, 0.25) is 0 Å². The molecule has 0 amide bonds. The molecule has 0 heterocycles. The molecule has 0 aromatic carbocycles. The number of carbonyl (C=O) groups excluding carboxylic acids is 3. The van der Waals surface area contributed by atoms with Gasteiger partial charge in [-0.1, -0.05) is 177 Å². The molecule has 0 aromatic heterocycles. The molecule has 0 saturated heterocycles. The molecular weight excluding hydrogens is 763 g/mol. The summed E-state index contributed by atoms with van der Waals surface area (Å²) in [6.45, 7) is 4.59. The summed E-state index contributed by atoms with van der Waals surface area (Å²) >= 11 is 0. The summed E-state index contributed by atoms with van der Waals surface area (Å²) in [5.74, 6) is -1.81. The third kappa shape index (κ3) is 42.1. The van der Waals surface area contributed by atoms with Crippen LogP contribution in [0.15, 0.2) is 60.8 Å². The van der Waals surface area contributed by atoms with Crippen molar-refractivity contribution in [1.82, 2.24) is 0 Å². The zero-order valence-electron chi connectivity index (χ0n) is 40.1. The highest BCUT2D eigenvalue weighted by Gasteiger charge is 2.25. The maximum atomic E-state index is 12.7. The molecule has 0 aliphatic carbocycles. The number of hydrogen-bond acceptors (Lipinski definition) is 7. The van der Waals surface area contributed by atoms with Gasteiger partial charge in [-0.15, -0.1) is 0 Å². The first-order valence-corrected chi connectivity index (χ1v) is 24.8. The second-order valence-electron chi connectivity index (χ2n) is 17.7. The van der Waals surface area contributed by atoms with Crippen molar-refractivity contribution in [1.29, 1.82) is 0 Å². The molecule has 0 spiro atoms. The second-order valence-corrected chi connectivity index (χ2v) is 17.7. The Morgan fingerprint density at radius 2 is 0.934 bits per heavy atom. The highest BCUT2D eigenvalue weighted by molar-refractivity contribution is 5.70. The van der Waals surface area contributed by atoms with Crippen molar-refractivity contribution in [3.05, 3.63) is 60.8 Å².